The quantitative estimate of drug-likeness (QED) is 0.562. The van der Waals surface area contributed by atoms with Gasteiger partial charge in [-0.2, -0.15) is 13.2 Å². The molecule has 0 atom stereocenters. The fraction of sp³-hybridized carbons (Fsp3) is 0.400. The number of methoxy groups -OCH3 is 1. The fourth-order valence-electron chi connectivity index (χ4n) is 2.04. The van der Waals surface area contributed by atoms with Crippen LogP contribution in [0.5, 0.6) is 0 Å². The number of alkyl halides is 3. The molecule has 6 nitrogen and oxygen atoms in total. The van der Waals surface area contributed by atoms with E-state index in [2.05, 4.69) is 4.98 Å². The van der Waals surface area contributed by atoms with Gasteiger partial charge in [-0.3, -0.25) is 14.2 Å². The van der Waals surface area contributed by atoms with Crippen molar-refractivity contribution in [2.75, 3.05) is 26.0 Å². The van der Waals surface area contributed by atoms with Crippen molar-refractivity contribution < 1.29 is 22.7 Å². The lowest BCUT2D eigenvalue weighted by Gasteiger charge is -2.13. The number of carbonyl (C=O) groups excluding carboxylic acids is 1. The maximum Gasteiger partial charge on any atom is 0.405 e. The lowest BCUT2D eigenvalue weighted by Crippen LogP contribution is -2.35. The standard InChI is InChI=1S/C15H15ClF3N3O3S/c1-25-5-4-22-13(24)10-3-2-9(16)6-11(10)21-14(22)26-7-12(23)20-8-15(17,18)19/h2-3,6H,4-5,7-8H2,1H3,(H,20,23). The van der Waals surface area contributed by atoms with Crippen molar-refractivity contribution in [2.45, 2.75) is 17.9 Å². The first kappa shape index (κ1) is 20.5. The maximum absolute atomic E-state index is 12.6. The first-order chi connectivity index (χ1) is 12.2. The van der Waals surface area contributed by atoms with E-state index in [0.717, 1.165) is 11.8 Å². The third kappa shape index (κ3) is 5.61. The average Bonchev–Trinajstić information content (AvgIpc) is 2.56. The molecule has 1 aromatic heterocycles. The molecule has 0 saturated heterocycles. The van der Waals surface area contributed by atoms with Gasteiger partial charge in [0.25, 0.3) is 5.56 Å². The largest absolute Gasteiger partial charge is 0.405 e. The van der Waals surface area contributed by atoms with Gasteiger partial charge in [-0.1, -0.05) is 23.4 Å². The number of nitrogens with zero attached hydrogens (tertiary/aromatic N) is 2. The molecule has 26 heavy (non-hydrogen) atoms. The van der Waals surface area contributed by atoms with Crippen molar-refractivity contribution in [3.63, 3.8) is 0 Å². The van der Waals surface area contributed by atoms with Gasteiger partial charge in [0.05, 0.1) is 29.8 Å². The normalized spacial score (nSPS) is 11.7. The summed E-state index contributed by atoms with van der Waals surface area (Å²) < 4.78 is 42.7. The molecule has 0 unspecified atom stereocenters. The van der Waals surface area contributed by atoms with Gasteiger partial charge in [0.1, 0.15) is 6.54 Å². The van der Waals surface area contributed by atoms with Gasteiger partial charge in [0, 0.05) is 12.1 Å². The van der Waals surface area contributed by atoms with Gasteiger partial charge >= 0.3 is 6.18 Å². The predicted octanol–water partition coefficient (Wildman–Crippen LogP) is 2.47. The van der Waals surface area contributed by atoms with Crippen molar-refractivity contribution in [3.05, 3.63) is 33.6 Å². The van der Waals surface area contributed by atoms with Gasteiger partial charge in [0.2, 0.25) is 5.91 Å². The van der Waals surface area contributed by atoms with Gasteiger partial charge < -0.3 is 10.1 Å². The molecule has 2 aromatic rings. The summed E-state index contributed by atoms with van der Waals surface area (Å²) in [5.41, 5.74) is -0.00344. The maximum atomic E-state index is 12.6. The second kappa shape index (κ2) is 8.74. The van der Waals surface area contributed by atoms with E-state index in [0.29, 0.717) is 15.9 Å². The third-order valence-electron chi connectivity index (χ3n) is 3.22. The number of amides is 1. The van der Waals surface area contributed by atoms with Crippen molar-refractivity contribution in [1.82, 2.24) is 14.9 Å². The number of benzene rings is 1. The Hall–Kier alpha value is -1.78. The highest BCUT2D eigenvalue weighted by Crippen LogP contribution is 2.20. The van der Waals surface area contributed by atoms with Crippen LogP contribution in [0.15, 0.2) is 28.2 Å². The van der Waals surface area contributed by atoms with Crippen LogP contribution < -0.4 is 10.9 Å². The highest BCUT2D eigenvalue weighted by atomic mass is 35.5. The lowest BCUT2D eigenvalue weighted by atomic mass is 10.2. The number of fused-ring (bicyclic) bond motifs is 1. The zero-order valence-corrected chi connectivity index (χ0v) is 15.2. The Morgan fingerprint density at radius 2 is 2.15 bits per heavy atom. The first-order valence-electron chi connectivity index (χ1n) is 7.36. The van der Waals surface area contributed by atoms with Crippen LogP contribution in [0.1, 0.15) is 0 Å². The molecule has 11 heteroatoms. The Bertz CT molecular complexity index is 858. The molecular weight excluding hydrogens is 395 g/mol. The first-order valence-corrected chi connectivity index (χ1v) is 8.73. The molecule has 1 aromatic carbocycles. The van der Waals surface area contributed by atoms with Crippen molar-refractivity contribution >= 4 is 40.2 Å². The zero-order valence-electron chi connectivity index (χ0n) is 13.6. The molecule has 0 fully saturated rings. The van der Waals surface area contributed by atoms with E-state index >= 15 is 0 Å². The van der Waals surface area contributed by atoms with Crippen LogP contribution in [-0.4, -0.2) is 47.6 Å². The molecule has 0 aliphatic rings. The van der Waals surface area contributed by atoms with Crippen LogP contribution in [0.25, 0.3) is 10.9 Å². The van der Waals surface area contributed by atoms with E-state index in [1.54, 1.807) is 17.4 Å². The summed E-state index contributed by atoms with van der Waals surface area (Å²) in [5, 5.41) is 2.70. The summed E-state index contributed by atoms with van der Waals surface area (Å²) in [4.78, 5) is 28.5. The number of thioether (sulfide) groups is 1. The topological polar surface area (TPSA) is 73.2 Å². The van der Waals surface area contributed by atoms with Gasteiger partial charge in [0.15, 0.2) is 5.16 Å². The van der Waals surface area contributed by atoms with E-state index in [-0.39, 0.29) is 29.6 Å². The van der Waals surface area contributed by atoms with Gasteiger partial charge in [-0.25, -0.2) is 4.98 Å². The molecule has 1 amide bonds. The number of ether oxygens (including phenoxy) is 1. The number of nitrogens with one attached hydrogen (secondary N) is 1. The van der Waals surface area contributed by atoms with Crippen molar-refractivity contribution in [1.29, 1.82) is 0 Å². The smallest absolute Gasteiger partial charge is 0.383 e. The molecule has 0 saturated carbocycles. The average molecular weight is 410 g/mol. The number of halogens is 4. The van der Waals surface area contributed by atoms with Crippen LogP contribution >= 0.6 is 23.4 Å². The Morgan fingerprint density at radius 3 is 2.81 bits per heavy atom. The zero-order chi connectivity index (χ0) is 19.3. The van der Waals surface area contributed by atoms with Crippen LogP contribution in [0.3, 0.4) is 0 Å². The Balaban J connectivity index is 2.26. The van der Waals surface area contributed by atoms with Crippen LogP contribution in [0, 0.1) is 0 Å². The van der Waals surface area contributed by atoms with E-state index in [1.165, 1.54) is 17.7 Å². The monoisotopic (exact) mass is 409 g/mol. The third-order valence-corrected chi connectivity index (χ3v) is 4.43. The fourth-order valence-corrected chi connectivity index (χ4v) is 3.07. The SMILES string of the molecule is COCCn1c(SCC(=O)NCC(F)(F)F)nc2cc(Cl)ccc2c1=O. The number of aromatic nitrogens is 2. The highest BCUT2D eigenvalue weighted by molar-refractivity contribution is 7.99. The number of carbonyl (C=O) groups is 1. The second-order valence-corrected chi connectivity index (χ2v) is 6.56. The summed E-state index contributed by atoms with van der Waals surface area (Å²) in [6, 6.07) is 4.61. The van der Waals surface area contributed by atoms with Crippen LogP contribution in [-0.2, 0) is 16.1 Å². The Morgan fingerprint density at radius 1 is 1.42 bits per heavy atom. The van der Waals surface area contributed by atoms with Crippen LogP contribution in [0.4, 0.5) is 13.2 Å². The molecule has 1 heterocycles. The predicted molar refractivity (Wildman–Crippen MR) is 92.7 cm³/mol. The van der Waals surface area contributed by atoms with Gasteiger partial charge in [-0.05, 0) is 18.2 Å². The molecule has 142 valence electrons. The minimum absolute atomic E-state index is 0.188. The summed E-state index contributed by atoms with van der Waals surface area (Å²) in [6.07, 6.45) is -4.49. The Labute approximate surface area is 155 Å². The molecule has 2 rings (SSSR count). The summed E-state index contributed by atoms with van der Waals surface area (Å²) in [6.45, 7) is -0.994. The highest BCUT2D eigenvalue weighted by Gasteiger charge is 2.27. The van der Waals surface area contributed by atoms with E-state index in [1.807, 2.05) is 0 Å². The second-order valence-electron chi connectivity index (χ2n) is 5.19. The molecule has 0 bridgehead atoms. The molecule has 0 aliphatic heterocycles. The van der Waals surface area contributed by atoms with E-state index in [4.69, 9.17) is 16.3 Å². The number of hydrogen-bond acceptors (Lipinski definition) is 5. The molecule has 0 radical (unpaired) electrons. The number of hydrogen-bond donors (Lipinski definition) is 1. The molecule has 0 spiro atoms. The minimum Gasteiger partial charge on any atom is -0.383 e. The minimum atomic E-state index is -4.49. The van der Waals surface area contributed by atoms with Crippen LogP contribution in [0.2, 0.25) is 5.02 Å². The summed E-state index contributed by atoms with van der Waals surface area (Å²) >= 11 is 6.78. The summed E-state index contributed by atoms with van der Waals surface area (Å²) in [5.74, 6) is -1.13. The number of rotatable bonds is 7. The van der Waals surface area contributed by atoms with Crippen molar-refractivity contribution in [3.8, 4) is 0 Å². The molecule has 1 N–H and O–H groups in total. The lowest BCUT2D eigenvalue weighted by molar-refractivity contribution is -0.136. The summed E-state index contributed by atoms with van der Waals surface area (Å²) in [7, 11) is 1.47. The van der Waals surface area contributed by atoms with Gasteiger partial charge in [-0.15, -0.1) is 0 Å². The Kier molecular flexibility index (Phi) is 6.90. The molecule has 0 aliphatic carbocycles. The van der Waals surface area contributed by atoms with E-state index in [9.17, 15) is 22.8 Å². The van der Waals surface area contributed by atoms with Crippen molar-refractivity contribution in [2.24, 2.45) is 0 Å². The molecular formula is C15H15ClF3N3O3S. The van der Waals surface area contributed by atoms with E-state index < -0.39 is 18.6 Å².